The Kier molecular flexibility index (Phi) is 9.13. The third kappa shape index (κ3) is 8.07. The Hall–Kier alpha value is 0.0700. The van der Waals surface area contributed by atoms with E-state index in [2.05, 4.69) is 24.3 Å². The van der Waals surface area contributed by atoms with E-state index < -0.39 is 0 Å². The summed E-state index contributed by atoms with van der Waals surface area (Å²) in [7, 11) is 0. The first-order valence-electron chi connectivity index (χ1n) is 2.11. The van der Waals surface area contributed by atoms with Crippen LogP contribution >= 0.6 is 12.0 Å². The van der Waals surface area contributed by atoms with Gasteiger partial charge >= 0.3 is 0 Å². The van der Waals surface area contributed by atoms with Gasteiger partial charge in [-0.1, -0.05) is 5.04 Å². The highest BCUT2D eigenvalue weighted by atomic mass is 32.2. The van der Waals surface area contributed by atoms with E-state index in [1.54, 1.807) is 0 Å². The quantitative estimate of drug-likeness (QED) is 0.248. The van der Waals surface area contributed by atoms with Crippen molar-refractivity contribution < 1.29 is 34.9 Å². The van der Waals surface area contributed by atoms with Gasteiger partial charge in [-0.05, 0) is 10.1 Å². The maximum absolute atomic E-state index is 7.59. The Labute approximate surface area is 60.2 Å². The van der Waals surface area contributed by atoms with Crippen molar-refractivity contribution >= 4 is 12.0 Å². The highest BCUT2D eigenvalue weighted by molar-refractivity contribution is 7.94. The number of rotatable bonds is 7. The normalized spacial score (nSPS) is 10.2. The Balaban J connectivity index is 2.65. The van der Waals surface area contributed by atoms with Gasteiger partial charge in [0.1, 0.15) is 0 Å². The SMILES string of the molecule is OOOOCCSOOO. The molecule has 0 amide bonds. The predicted molar refractivity (Wildman–Crippen MR) is 28.0 cm³/mol. The third-order valence-electron chi connectivity index (χ3n) is 0.407. The van der Waals surface area contributed by atoms with Crippen molar-refractivity contribution in [3.05, 3.63) is 0 Å². The molecule has 0 heterocycles. The molecule has 0 radical (unpaired) electrons. The highest BCUT2D eigenvalue weighted by Crippen LogP contribution is 2.00. The molecule has 10 heavy (non-hydrogen) atoms. The van der Waals surface area contributed by atoms with Crippen LogP contribution in [0.2, 0.25) is 0 Å². The van der Waals surface area contributed by atoms with Crippen molar-refractivity contribution in [2.75, 3.05) is 12.4 Å². The van der Waals surface area contributed by atoms with Gasteiger partial charge in [-0.25, -0.2) is 15.4 Å². The molecule has 0 fully saturated rings. The summed E-state index contributed by atoms with van der Waals surface area (Å²) in [5, 5.41) is 25.0. The topological polar surface area (TPSA) is 86.6 Å². The third-order valence-corrected chi connectivity index (χ3v) is 0.897. The van der Waals surface area contributed by atoms with Crippen LogP contribution in [-0.2, 0) is 24.3 Å². The van der Waals surface area contributed by atoms with Crippen LogP contribution in [0.5, 0.6) is 0 Å². The molecule has 0 atom stereocenters. The molecule has 62 valence electrons. The fourth-order valence-corrected chi connectivity index (χ4v) is 0.426. The van der Waals surface area contributed by atoms with E-state index in [4.69, 9.17) is 10.5 Å². The summed E-state index contributed by atoms with van der Waals surface area (Å²) in [4.78, 5) is 4.12. The summed E-state index contributed by atoms with van der Waals surface area (Å²) < 4.78 is 3.95. The monoisotopic (exact) mass is 174 g/mol. The molecule has 0 aliphatic carbocycles. The van der Waals surface area contributed by atoms with Crippen LogP contribution < -0.4 is 0 Å². The maximum atomic E-state index is 7.59. The summed E-state index contributed by atoms with van der Waals surface area (Å²) in [6, 6.07) is 0. The van der Waals surface area contributed by atoms with E-state index in [1.165, 1.54) is 0 Å². The number of hydrogen-bond acceptors (Lipinski definition) is 8. The van der Waals surface area contributed by atoms with Gasteiger partial charge in [0.05, 0.1) is 6.61 Å². The van der Waals surface area contributed by atoms with Crippen LogP contribution in [0.25, 0.3) is 0 Å². The van der Waals surface area contributed by atoms with Crippen LogP contribution in [0.1, 0.15) is 0 Å². The van der Waals surface area contributed by atoms with E-state index in [0.29, 0.717) is 5.75 Å². The van der Waals surface area contributed by atoms with E-state index in [0.717, 1.165) is 12.0 Å². The average Bonchev–Trinajstić information content (AvgIpc) is 1.97. The minimum absolute atomic E-state index is 0.106. The van der Waals surface area contributed by atoms with Crippen LogP contribution in [0.15, 0.2) is 0 Å². The molecule has 0 aromatic carbocycles. The fraction of sp³-hybridized carbons (Fsp3) is 1.00. The molecular weight excluding hydrogens is 168 g/mol. The molecule has 0 unspecified atom stereocenters. The Morgan fingerprint density at radius 2 is 2.00 bits per heavy atom. The van der Waals surface area contributed by atoms with Crippen molar-refractivity contribution in [3.8, 4) is 0 Å². The standard InChI is InChI=1S/C2H6O7S/c3-6-8-5-1-2-10-9-7-4/h3-4H,1-2H2. The van der Waals surface area contributed by atoms with E-state index in [-0.39, 0.29) is 6.61 Å². The second-order valence-electron chi connectivity index (χ2n) is 0.929. The first kappa shape index (κ1) is 10.1. The molecule has 0 rings (SSSR count). The lowest BCUT2D eigenvalue weighted by molar-refractivity contribution is -0.622. The largest absolute Gasteiger partial charge is 0.220 e. The van der Waals surface area contributed by atoms with Crippen LogP contribution in [0, 0.1) is 0 Å². The van der Waals surface area contributed by atoms with Crippen molar-refractivity contribution in [2.24, 2.45) is 0 Å². The van der Waals surface area contributed by atoms with Crippen molar-refractivity contribution in [1.82, 2.24) is 0 Å². The summed E-state index contributed by atoms with van der Waals surface area (Å²) in [5.41, 5.74) is 0. The molecule has 0 aliphatic rings. The first-order valence-corrected chi connectivity index (χ1v) is 3.02. The zero-order valence-electron chi connectivity index (χ0n) is 4.76. The molecule has 0 aliphatic heterocycles. The molecule has 0 aromatic heterocycles. The minimum Gasteiger partial charge on any atom is -0.220 e. The molecule has 0 aromatic rings. The van der Waals surface area contributed by atoms with Gasteiger partial charge < -0.3 is 0 Å². The van der Waals surface area contributed by atoms with Crippen LogP contribution in [0.4, 0.5) is 0 Å². The summed E-state index contributed by atoms with van der Waals surface area (Å²) >= 11 is 0.789. The molecule has 0 saturated heterocycles. The van der Waals surface area contributed by atoms with Crippen molar-refractivity contribution in [1.29, 1.82) is 0 Å². The molecule has 0 saturated carbocycles. The smallest absolute Gasteiger partial charge is 0.0968 e. The zero-order chi connectivity index (χ0) is 7.66. The van der Waals surface area contributed by atoms with E-state index in [1.807, 2.05) is 0 Å². The summed E-state index contributed by atoms with van der Waals surface area (Å²) in [5.74, 6) is 0.337. The van der Waals surface area contributed by atoms with Gasteiger partial charge in [-0.3, -0.25) is 0 Å². The van der Waals surface area contributed by atoms with Crippen LogP contribution in [-0.4, -0.2) is 22.9 Å². The average molecular weight is 174 g/mol. The molecule has 7 nitrogen and oxygen atoms in total. The second-order valence-corrected chi connectivity index (χ2v) is 1.71. The molecular formula is C2H6O7S. The fourth-order valence-electron chi connectivity index (χ4n) is 0.179. The summed E-state index contributed by atoms with van der Waals surface area (Å²) in [6.45, 7) is 0.106. The molecule has 8 heteroatoms. The second kappa shape index (κ2) is 9.07. The maximum Gasteiger partial charge on any atom is 0.0968 e. The lowest BCUT2D eigenvalue weighted by Gasteiger charge is -1.96. The summed E-state index contributed by atoms with van der Waals surface area (Å²) in [6.07, 6.45) is 0. The lowest BCUT2D eigenvalue weighted by atomic mass is 10.9. The van der Waals surface area contributed by atoms with Gasteiger partial charge in [0.2, 0.25) is 0 Å². The van der Waals surface area contributed by atoms with Crippen molar-refractivity contribution in [2.45, 2.75) is 0 Å². The highest BCUT2D eigenvalue weighted by Gasteiger charge is 1.91. The lowest BCUT2D eigenvalue weighted by Crippen LogP contribution is -1.98. The number of hydrogen-bond donors (Lipinski definition) is 2. The van der Waals surface area contributed by atoms with Crippen molar-refractivity contribution in [3.63, 3.8) is 0 Å². The molecule has 2 N–H and O–H groups in total. The Morgan fingerprint density at radius 3 is 2.60 bits per heavy atom. The Bertz CT molecular complexity index is 51.6. The van der Waals surface area contributed by atoms with Crippen LogP contribution in [0.3, 0.4) is 0 Å². The van der Waals surface area contributed by atoms with Gasteiger partial charge in [-0.15, -0.1) is 4.33 Å². The zero-order valence-corrected chi connectivity index (χ0v) is 5.57. The van der Waals surface area contributed by atoms with E-state index in [9.17, 15) is 0 Å². The Morgan fingerprint density at radius 1 is 1.20 bits per heavy atom. The van der Waals surface area contributed by atoms with Gasteiger partial charge in [-0.2, -0.15) is 0 Å². The predicted octanol–water partition coefficient (Wildman–Crippen LogP) is 0.409. The minimum atomic E-state index is 0.106. The molecule has 0 spiro atoms. The van der Waals surface area contributed by atoms with Gasteiger partial charge in [0.15, 0.2) is 0 Å². The molecule has 0 bridgehead atoms. The van der Waals surface area contributed by atoms with Gasteiger partial charge in [0.25, 0.3) is 0 Å². The van der Waals surface area contributed by atoms with E-state index >= 15 is 0 Å². The van der Waals surface area contributed by atoms with Gasteiger partial charge in [0, 0.05) is 17.8 Å². The first-order chi connectivity index (χ1) is 4.91.